The Hall–Kier alpha value is -1.70. The molecule has 0 radical (unpaired) electrons. The highest BCUT2D eigenvalue weighted by Crippen LogP contribution is 2.19. The molecule has 18 heavy (non-hydrogen) atoms. The van der Waals surface area contributed by atoms with E-state index in [0.717, 1.165) is 0 Å². The third-order valence-corrected chi connectivity index (χ3v) is 2.77. The number of nitrogens with one attached hydrogen (secondary N) is 1. The van der Waals surface area contributed by atoms with Gasteiger partial charge in [-0.2, -0.15) is 0 Å². The summed E-state index contributed by atoms with van der Waals surface area (Å²) < 4.78 is 6.56. The number of aliphatic hydroxyl groups excluding tert-OH is 2. The SMILES string of the molecule is Cc1cn([C@@H]2C=C[C@H](O)[C@H](CO)O2)c(=O)[nH]c1=O. The standard InChI is InChI=1S/C11H14N2O5/c1-6-4-13(11(17)12-10(6)16)9-3-2-7(15)8(5-14)18-9/h2-4,7-9,14-15H,5H2,1H3,(H,12,16,17)/t7-,8-,9-/m0/s1. The lowest BCUT2D eigenvalue weighted by Gasteiger charge is -2.29. The molecule has 0 aromatic carbocycles. The summed E-state index contributed by atoms with van der Waals surface area (Å²) in [5.41, 5.74) is -0.679. The van der Waals surface area contributed by atoms with Gasteiger partial charge in [-0.05, 0) is 13.0 Å². The van der Waals surface area contributed by atoms with Crippen LogP contribution in [-0.4, -0.2) is 38.6 Å². The van der Waals surface area contributed by atoms with E-state index in [1.54, 1.807) is 6.92 Å². The minimum atomic E-state index is -0.911. The summed E-state index contributed by atoms with van der Waals surface area (Å²) >= 11 is 0. The lowest BCUT2D eigenvalue weighted by atomic mass is 10.1. The fourth-order valence-corrected chi connectivity index (χ4v) is 1.72. The highest BCUT2D eigenvalue weighted by atomic mass is 16.5. The van der Waals surface area contributed by atoms with Crippen LogP contribution >= 0.6 is 0 Å². The number of aromatic nitrogens is 2. The van der Waals surface area contributed by atoms with Crippen molar-refractivity contribution in [2.24, 2.45) is 0 Å². The molecule has 0 spiro atoms. The van der Waals surface area contributed by atoms with E-state index in [1.807, 2.05) is 0 Å². The number of hydrogen-bond donors (Lipinski definition) is 3. The number of hydrogen-bond acceptors (Lipinski definition) is 5. The Balaban J connectivity index is 2.39. The molecule has 98 valence electrons. The van der Waals surface area contributed by atoms with Gasteiger partial charge in [-0.25, -0.2) is 4.79 Å². The molecule has 1 aromatic rings. The van der Waals surface area contributed by atoms with Gasteiger partial charge in [-0.15, -0.1) is 0 Å². The molecule has 3 N–H and O–H groups in total. The maximum absolute atomic E-state index is 11.6. The topological polar surface area (TPSA) is 105 Å². The van der Waals surface area contributed by atoms with Crippen molar-refractivity contribution in [1.82, 2.24) is 9.55 Å². The third-order valence-electron chi connectivity index (χ3n) is 2.77. The molecule has 0 fully saturated rings. The van der Waals surface area contributed by atoms with Crippen LogP contribution in [0.4, 0.5) is 0 Å². The molecule has 2 heterocycles. The number of rotatable bonds is 2. The number of ether oxygens (including phenoxy) is 1. The van der Waals surface area contributed by atoms with Crippen molar-refractivity contribution in [3.63, 3.8) is 0 Å². The van der Waals surface area contributed by atoms with E-state index in [0.29, 0.717) is 5.56 Å². The molecule has 1 aliphatic rings. The first-order chi connectivity index (χ1) is 8.52. The molecule has 0 unspecified atom stereocenters. The molecule has 1 aromatic heterocycles. The van der Waals surface area contributed by atoms with Crippen LogP contribution in [0.3, 0.4) is 0 Å². The Morgan fingerprint density at radius 1 is 1.44 bits per heavy atom. The molecular weight excluding hydrogens is 240 g/mol. The third kappa shape index (κ3) is 2.28. The van der Waals surface area contributed by atoms with Gasteiger partial charge >= 0.3 is 5.69 Å². The molecule has 3 atom stereocenters. The molecule has 0 aliphatic carbocycles. The predicted octanol–water partition coefficient (Wildman–Crippen LogP) is -1.35. The van der Waals surface area contributed by atoms with E-state index in [9.17, 15) is 14.7 Å². The first-order valence-corrected chi connectivity index (χ1v) is 5.47. The average molecular weight is 254 g/mol. The Bertz CT molecular complexity index is 574. The van der Waals surface area contributed by atoms with Gasteiger partial charge < -0.3 is 14.9 Å². The summed E-state index contributed by atoms with van der Waals surface area (Å²) in [6, 6.07) is 0. The zero-order chi connectivity index (χ0) is 13.3. The van der Waals surface area contributed by atoms with Crippen LogP contribution in [0.1, 0.15) is 11.8 Å². The largest absolute Gasteiger partial charge is 0.394 e. The number of aliphatic hydroxyl groups is 2. The van der Waals surface area contributed by atoms with Crippen LogP contribution in [0, 0.1) is 6.92 Å². The van der Waals surface area contributed by atoms with Crippen LogP contribution in [-0.2, 0) is 4.74 Å². The summed E-state index contributed by atoms with van der Waals surface area (Å²) in [5.74, 6) is 0. The second-order valence-corrected chi connectivity index (χ2v) is 4.10. The maximum atomic E-state index is 11.6. The maximum Gasteiger partial charge on any atom is 0.330 e. The Labute approximate surface area is 102 Å². The Kier molecular flexibility index (Phi) is 3.46. The predicted molar refractivity (Wildman–Crippen MR) is 62.2 cm³/mol. The van der Waals surface area contributed by atoms with Crippen LogP contribution in [0.25, 0.3) is 0 Å². The average Bonchev–Trinajstić information content (AvgIpc) is 2.35. The lowest BCUT2D eigenvalue weighted by molar-refractivity contribution is -0.105. The number of aromatic amines is 1. The van der Waals surface area contributed by atoms with E-state index in [2.05, 4.69) is 4.98 Å². The molecule has 2 rings (SSSR count). The quantitative estimate of drug-likeness (QED) is 0.566. The normalized spacial score (nSPS) is 27.4. The second-order valence-electron chi connectivity index (χ2n) is 4.10. The minimum Gasteiger partial charge on any atom is -0.394 e. The van der Waals surface area contributed by atoms with Gasteiger partial charge in [-0.1, -0.05) is 6.08 Å². The number of aryl methyl sites for hydroxylation is 1. The summed E-state index contributed by atoms with van der Waals surface area (Å²) in [7, 11) is 0. The zero-order valence-electron chi connectivity index (χ0n) is 9.74. The molecule has 7 nitrogen and oxygen atoms in total. The van der Waals surface area contributed by atoms with Crippen molar-refractivity contribution in [3.05, 3.63) is 44.8 Å². The molecule has 0 saturated carbocycles. The summed E-state index contributed by atoms with van der Waals surface area (Å²) in [6.45, 7) is 1.21. The van der Waals surface area contributed by atoms with E-state index >= 15 is 0 Å². The van der Waals surface area contributed by atoms with Crippen LogP contribution in [0.5, 0.6) is 0 Å². The summed E-state index contributed by atoms with van der Waals surface area (Å²) in [6.07, 6.45) is 1.86. The molecule has 0 amide bonds. The van der Waals surface area contributed by atoms with E-state index < -0.39 is 29.7 Å². The summed E-state index contributed by atoms with van der Waals surface area (Å²) in [5, 5.41) is 18.5. The number of H-pyrrole nitrogens is 1. The fourth-order valence-electron chi connectivity index (χ4n) is 1.72. The fraction of sp³-hybridized carbons (Fsp3) is 0.455. The van der Waals surface area contributed by atoms with E-state index in [4.69, 9.17) is 9.84 Å². The molecule has 1 aliphatic heterocycles. The highest BCUT2D eigenvalue weighted by Gasteiger charge is 2.26. The van der Waals surface area contributed by atoms with Crippen LogP contribution < -0.4 is 11.2 Å². The van der Waals surface area contributed by atoms with E-state index in [-0.39, 0.29) is 6.61 Å². The molecule has 0 saturated heterocycles. The monoisotopic (exact) mass is 254 g/mol. The smallest absolute Gasteiger partial charge is 0.330 e. The lowest BCUT2D eigenvalue weighted by Crippen LogP contribution is -2.40. The highest BCUT2D eigenvalue weighted by molar-refractivity contribution is 5.06. The number of nitrogens with zero attached hydrogens (tertiary/aromatic N) is 1. The van der Waals surface area contributed by atoms with E-state index in [1.165, 1.54) is 22.9 Å². The minimum absolute atomic E-state index is 0.362. The zero-order valence-corrected chi connectivity index (χ0v) is 9.74. The first-order valence-electron chi connectivity index (χ1n) is 5.47. The Morgan fingerprint density at radius 3 is 2.83 bits per heavy atom. The summed E-state index contributed by atoms with van der Waals surface area (Å²) in [4.78, 5) is 25.0. The molecule has 7 heteroatoms. The van der Waals surface area contributed by atoms with Crippen LogP contribution in [0.15, 0.2) is 27.9 Å². The van der Waals surface area contributed by atoms with Crippen molar-refractivity contribution >= 4 is 0 Å². The van der Waals surface area contributed by atoms with Gasteiger partial charge in [0.05, 0.1) is 6.61 Å². The first kappa shape index (κ1) is 12.7. The van der Waals surface area contributed by atoms with Crippen molar-refractivity contribution < 1.29 is 14.9 Å². The van der Waals surface area contributed by atoms with Crippen molar-refractivity contribution in [2.45, 2.75) is 25.4 Å². The van der Waals surface area contributed by atoms with Gasteiger partial charge in [0, 0.05) is 11.8 Å². The molecule has 0 bridgehead atoms. The van der Waals surface area contributed by atoms with Crippen molar-refractivity contribution in [2.75, 3.05) is 6.61 Å². The van der Waals surface area contributed by atoms with Crippen molar-refractivity contribution in [1.29, 1.82) is 0 Å². The van der Waals surface area contributed by atoms with Gasteiger partial charge in [0.2, 0.25) is 0 Å². The van der Waals surface area contributed by atoms with Gasteiger partial charge in [-0.3, -0.25) is 14.3 Å². The van der Waals surface area contributed by atoms with Crippen molar-refractivity contribution in [3.8, 4) is 0 Å². The molecular formula is C11H14N2O5. The van der Waals surface area contributed by atoms with Gasteiger partial charge in [0.15, 0.2) is 6.23 Å². The van der Waals surface area contributed by atoms with Gasteiger partial charge in [0.1, 0.15) is 12.2 Å². The Morgan fingerprint density at radius 2 is 2.17 bits per heavy atom. The van der Waals surface area contributed by atoms with Gasteiger partial charge in [0.25, 0.3) is 5.56 Å². The second kappa shape index (κ2) is 4.89. The van der Waals surface area contributed by atoms with Crippen LogP contribution in [0.2, 0.25) is 0 Å².